The normalized spacial score (nSPS) is 16.0. The van der Waals surface area contributed by atoms with Crippen LogP contribution >= 0.6 is 0 Å². The van der Waals surface area contributed by atoms with Crippen LogP contribution in [-0.2, 0) is 11.2 Å². The van der Waals surface area contributed by atoms with Crippen molar-refractivity contribution in [3.8, 4) is 0 Å². The first kappa shape index (κ1) is 15.5. The summed E-state index contributed by atoms with van der Waals surface area (Å²) >= 11 is 0. The predicted octanol–water partition coefficient (Wildman–Crippen LogP) is 3.40. The molecule has 2 rings (SSSR count). The number of nitrogens with zero attached hydrogens (tertiary/aromatic N) is 1. The van der Waals surface area contributed by atoms with Gasteiger partial charge in [0.25, 0.3) is 0 Å². The first-order chi connectivity index (χ1) is 10.3. The number of anilines is 1. The topological polar surface area (TPSA) is 32.3 Å². The number of carbonyl (C=O) groups is 1. The van der Waals surface area contributed by atoms with E-state index in [2.05, 4.69) is 22.3 Å². The molecule has 112 valence electrons. The molecule has 0 unspecified atom stereocenters. The zero-order valence-corrected chi connectivity index (χ0v) is 12.7. The van der Waals surface area contributed by atoms with Gasteiger partial charge in [0.1, 0.15) is 0 Å². The van der Waals surface area contributed by atoms with Crippen LogP contribution in [0.25, 0.3) is 0 Å². The Balaban J connectivity index is 1.79. The second-order valence-corrected chi connectivity index (χ2v) is 5.37. The minimum Gasteiger partial charge on any atom is -0.323 e. The number of benzene rings is 1. The molecule has 1 heterocycles. The number of amides is 1. The van der Waals surface area contributed by atoms with Gasteiger partial charge in [-0.1, -0.05) is 30.4 Å². The fraction of sp³-hybridized carbons (Fsp3) is 0.389. The number of nitrogens with one attached hydrogen (secondary N) is 1. The maximum atomic E-state index is 11.6. The van der Waals surface area contributed by atoms with E-state index in [9.17, 15) is 4.79 Å². The number of carbonyl (C=O) groups excluding carboxylic acids is 1. The fourth-order valence-corrected chi connectivity index (χ4v) is 2.49. The standard InChI is InChI=1S/C18H24N2O/c1-2-3-4-7-18(21)19-17-10-8-16(9-11-17)12-15-20-13-5-6-14-20/h2-4,7-11H,5-6,12-15H2,1H3,(H,19,21)/b3-2+,7-4+. The average Bonchev–Trinajstić information content (AvgIpc) is 3.00. The quantitative estimate of drug-likeness (QED) is 0.641. The highest BCUT2D eigenvalue weighted by atomic mass is 16.1. The maximum absolute atomic E-state index is 11.6. The van der Waals surface area contributed by atoms with Crippen molar-refractivity contribution >= 4 is 11.6 Å². The molecular weight excluding hydrogens is 260 g/mol. The van der Waals surface area contributed by atoms with Crippen LogP contribution in [0.1, 0.15) is 25.3 Å². The van der Waals surface area contributed by atoms with Gasteiger partial charge in [-0.25, -0.2) is 0 Å². The van der Waals surface area contributed by atoms with E-state index in [1.165, 1.54) is 37.6 Å². The molecule has 1 amide bonds. The van der Waals surface area contributed by atoms with Crippen LogP contribution < -0.4 is 5.32 Å². The average molecular weight is 284 g/mol. The van der Waals surface area contributed by atoms with E-state index in [0.717, 1.165) is 18.7 Å². The van der Waals surface area contributed by atoms with Gasteiger partial charge in [0.05, 0.1) is 0 Å². The van der Waals surface area contributed by atoms with E-state index in [4.69, 9.17) is 0 Å². The van der Waals surface area contributed by atoms with Crippen LogP contribution in [0.15, 0.2) is 48.6 Å². The highest BCUT2D eigenvalue weighted by molar-refractivity contribution is 5.99. The Morgan fingerprint density at radius 2 is 1.90 bits per heavy atom. The van der Waals surface area contributed by atoms with E-state index < -0.39 is 0 Å². The van der Waals surface area contributed by atoms with Gasteiger partial charge in [0.2, 0.25) is 5.91 Å². The molecule has 1 aromatic rings. The zero-order valence-electron chi connectivity index (χ0n) is 12.7. The lowest BCUT2D eigenvalue weighted by molar-refractivity contribution is -0.111. The number of rotatable bonds is 6. The van der Waals surface area contributed by atoms with Gasteiger partial charge in [-0.2, -0.15) is 0 Å². The van der Waals surface area contributed by atoms with Gasteiger partial charge in [-0.15, -0.1) is 0 Å². The Morgan fingerprint density at radius 1 is 1.19 bits per heavy atom. The van der Waals surface area contributed by atoms with Gasteiger partial charge in [0.15, 0.2) is 0 Å². The van der Waals surface area contributed by atoms with Gasteiger partial charge >= 0.3 is 0 Å². The minimum absolute atomic E-state index is 0.0992. The molecule has 0 spiro atoms. The van der Waals surface area contributed by atoms with Gasteiger partial charge in [-0.3, -0.25) is 4.79 Å². The van der Waals surface area contributed by atoms with Crippen molar-refractivity contribution in [3.05, 3.63) is 54.1 Å². The summed E-state index contributed by atoms with van der Waals surface area (Å²) in [6.07, 6.45) is 10.7. The van der Waals surface area contributed by atoms with Gasteiger partial charge < -0.3 is 10.2 Å². The van der Waals surface area contributed by atoms with Crippen LogP contribution in [0, 0.1) is 0 Å². The van der Waals surface area contributed by atoms with Crippen molar-refractivity contribution in [2.75, 3.05) is 25.0 Å². The Hall–Kier alpha value is -1.87. The second kappa shape index (κ2) is 8.42. The van der Waals surface area contributed by atoms with E-state index in [0.29, 0.717) is 0 Å². The summed E-state index contributed by atoms with van der Waals surface area (Å²) in [6, 6.07) is 8.14. The highest BCUT2D eigenvalue weighted by Crippen LogP contribution is 2.12. The Bertz CT molecular complexity index is 496. The lowest BCUT2D eigenvalue weighted by Crippen LogP contribution is -2.21. The van der Waals surface area contributed by atoms with Crippen LogP contribution in [0.4, 0.5) is 5.69 Å². The fourth-order valence-electron chi connectivity index (χ4n) is 2.49. The van der Waals surface area contributed by atoms with Crippen molar-refractivity contribution in [2.24, 2.45) is 0 Å². The first-order valence-corrected chi connectivity index (χ1v) is 7.69. The van der Waals surface area contributed by atoms with Crippen molar-refractivity contribution < 1.29 is 4.79 Å². The lowest BCUT2D eigenvalue weighted by Gasteiger charge is -2.14. The van der Waals surface area contributed by atoms with E-state index in [1.54, 1.807) is 6.08 Å². The molecule has 1 aromatic carbocycles. The maximum Gasteiger partial charge on any atom is 0.248 e. The summed E-state index contributed by atoms with van der Waals surface area (Å²) in [5.41, 5.74) is 2.17. The first-order valence-electron chi connectivity index (χ1n) is 7.69. The lowest BCUT2D eigenvalue weighted by atomic mass is 10.1. The molecule has 0 aromatic heterocycles. The Morgan fingerprint density at radius 3 is 2.57 bits per heavy atom. The Labute approximate surface area is 127 Å². The van der Waals surface area contributed by atoms with Crippen molar-refractivity contribution in [1.29, 1.82) is 0 Å². The van der Waals surface area contributed by atoms with Crippen molar-refractivity contribution in [3.63, 3.8) is 0 Å². The SMILES string of the molecule is C/C=C/C=C/C(=O)Nc1ccc(CCN2CCCC2)cc1. The largest absolute Gasteiger partial charge is 0.323 e. The molecule has 0 bridgehead atoms. The highest BCUT2D eigenvalue weighted by Gasteiger charge is 2.10. The van der Waals surface area contributed by atoms with Gasteiger partial charge in [0, 0.05) is 18.3 Å². The van der Waals surface area contributed by atoms with Gasteiger partial charge in [-0.05, 0) is 57.0 Å². The molecule has 0 radical (unpaired) electrons. The third-order valence-electron chi connectivity index (χ3n) is 3.69. The third kappa shape index (κ3) is 5.56. The van der Waals surface area contributed by atoms with Crippen molar-refractivity contribution in [1.82, 2.24) is 4.90 Å². The zero-order chi connectivity index (χ0) is 14.9. The predicted molar refractivity (Wildman–Crippen MR) is 88.4 cm³/mol. The minimum atomic E-state index is -0.0992. The molecule has 1 saturated heterocycles. The molecule has 3 heteroatoms. The Kier molecular flexibility index (Phi) is 6.22. The monoisotopic (exact) mass is 284 g/mol. The number of allylic oxidation sites excluding steroid dienone is 3. The third-order valence-corrected chi connectivity index (χ3v) is 3.69. The molecule has 0 atom stereocenters. The summed E-state index contributed by atoms with van der Waals surface area (Å²) in [4.78, 5) is 14.1. The summed E-state index contributed by atoms with van der Waals surface area (Å²) < 4.78 is 0. The van der Waals surface area contributed by atoms with E-state index in [-0.39, 0.29) is 5.91 Å². The number of hydrogen-bond donors (Lipinski definition) is 1. The summed E-state index contributed by atoms with van der Waals surface area (Å²) in [7, 11) is 0. The molecular formula is C18H24N2O. The van der Waals surface area contributed by atoms with Crippen LogP contribution in [0.2, 0.25) is 0 Å². The number of likely N-dealkylation sites (tertiary alicyclic amines) is 1. The van der Waals surface area contributed by atoms with Crippen LogP contribution in [0.3, 0.4) is 0 Å². The van der Waals surface area contributed by atoms with E-state index >= 15 is 0 Å². The summed E-state index contributed by atoms with van der Waals surface area (Å²) in [5, 5.41) is 2.86. The van der Waals surface area contributed by atoms with Crippen molar-refractivity contribution in [2.45, 2.75) is 26.2 Å². The number of hydrogen-bond acceptors (Lipinski definition) is 2. The molecule has 1 aliphatic rings. The molecule has 1 fully saturated rings. The molecule has 1 aliphatic heterocycles. The molecule has 0 aliphatic carbocycles. The molecule has 1 N–H and O–H groups in total. The summed E-state index contributed by atoms with van der Waals surface area (Å²) in [5.74, 6) is -0.0992. The summed E-state index contributed by atoms with van der Waals surface area (Å²) in [6.45, 7) is 5.54. The molecule has 3 nitrogen and oxygen atoms in total. The second-order valence-electron chi connectivity index (χ2n) is 5.37. The molecule has 0 saturated carbocycles. The van der Waals surface area contributed by atoms with Crippen LogP contribution in [0.5, 0.6) is 0 Å². The molecule has 21 heavy (non-hydrogen) atoms. The van der Waals surface area contributed by atoms with E-state index in [1.807, 2.05) is 31.2 Å². The smallest absolute Gasteiger partial charge is 0.248 e. The van der Waals surface area contributed by atoms with Crippen LogP contribution in [-0.4, -0.2) is 30.4 Å².